The Bertz CT molecular complexity index is 779. The third-order valence-electron chi connectivity index (χ3n) is 3.54. The van der Waals surface area contributed by atoms with Crippen LogP contribution in [0.3, 0.4) is 0 Å². The molecule has 0 bridgehead atoms. The molecule has 1 N–H and O–H groups in total. The number of halogens is 2. The molecule has 0 saturated heterocycles. The summed E-state index contributed by atoms with van der Waals surface area (Å²) in [7, 11) is 2.70. The van der Waals surface area contributed by atoms with E-state index in [2.05, 4.69) is 10.1 Å². The zero-order chi connectivity index (χ0) is 18.4. The maximum Gasteiger partial charge on any atom is 0.328 e. The van der Waals surface area contributed by atoms with E-state index in [0.29, 0.717) is 11.8 Å². The molecule has 0 unspecified atom stereocenters. The number of carbonyl (C=O) groups is 2. The van der Waals surface area contributed by atoms with Gasteiger partial charge in [0.1, 0.15) is 23.4 Å². The molecule has 7 heteroatoms. The first-order valence-corrected chi connectivity index (χ1v) is 7.41. The Morgan fingerprint density at radius 3 is 2.52 bits per heavy atom. The van der Waals surface area contributed by atoms with E-state index in [1.54, 1.807) is 24.3 Å². The van der Waals surface area contributed by atoms with Crippen LogP contribution >= 0.6 is 0 Å². The molecule has 5 nitrogen and oxygen atoms in total. The fourth-order valence-electron chi connectivity index (χ4n) is 2.28. The summed E-state index contributed by atoms with van der Waals surface area (Å²) >= 11 is 0. The Hall–Kier alpha value is -2.96. The third-order valence-corrected chi connectivity index (χ3v) is 3.54. The topological polar surface area (TPSA) is 64.6 Å². The van der Waals surface area contributed by atoms with E-state index in [4.69, 9.17) is 4.74 Å². The van der Waals surface area contributed by atoms with Gasteiger partial charge in [-0.05, 0) is 29.8 Å². The smallest absolute Gasteiger partial charge is 0.328 e. The summed E-state index contributed by atoms with van der Waals surface area (Å²) in [5.41, 5.74) is 0.357. The standard InChI is InChI=1S/C18H17F2NO4/c1-24-13-5-3-4-11(8-13)9-16(18(23)25-2)21-17(22)14-7-6-12(19)10-15(14)20/h3-8,10,16H,9H2,1-2H3,(H,21,22)/t16-/m0/s1. The Balaban J connectivity index is 2.19. The van der Waals surface area contributed by atoms with Gasteiger partial charge in [-0.3, -0.25) is 4.79 Å². The lowest BCUT2D eigenvalue weighted by molar-refractivity contribution is -0.142. The van der Waals surface area contributed by atoms with Crippen LogP contribution in [0.1, 0.15) is 15.9 Å². The first kappa shape index (κ1) is 18.4. The quantitative estimate of drug-likeness (QED) is 0.814. The molecule has 1 amide bonds. The number of methoxy groups -OCH3 is 2. The molecule has 0 saturated carbocycles. The predicted molar refractivity (Wildman–Crippen MR) is 86.3 cm³/mol. The van der Waals surface area contributed by atoms with Crippen LogP contribution in [0, 0.1) is 11.6 Å². The molecule has 0 aromatic heterocycles. The van der Waals surface area contributed by atoms with Crippen LogP contribution in [0.4, 0.5) is 8.78 Å². The van der Waals surface area contributed by atoms with E-state index >= 15 is 0 Å². The molecule has 132 valence electrons. The highest BCUT2D eigenvalue weighted by Crippen LogP contribution is 2.15. The molecular weight excluding hydrogens is 332 g/mol. The van der Waals surface area contributed by atoms with Gasteiger partial charge in [0, 0.05) is 12.5 Å². The van der Waals surface area contributed by atoms with Gasteiger partial charge in [0.05, 0.1) is 19.8 Å². The second-order valence-electron chi connectivity index (χ2n) is 5.23. The van der Waals surface area contributed by atoms with Crippen molar-refractivity contribution in [2.45, 2.75) is 12.5 Å². The van der Waals surface area contributed by atoms with E-state index in [1.807, 2.05) is 0 Å². The number of esters is 1. The summed E-state index contributed by atoms with van der Waals surface area (Å²) in [5, 5.41) is 2.41. The number of hydrogen-bond donors (Lipinski definition) is 1. The number of hydrogen-bond acceptors (Lipinski definition) is 4. The Morgan fingerprint density at radius 1 is 1.12 bits per heavy atom. The van der Waals surface area contributed by atoms with Gasteiger partial charge >= 0.3 is 5.97 Å². The molecule has 2 aromatic carbocycles. The van der Waals surface area contributed by atoms with Crippen LogP contribution in [0.5, 0.6) is 5.75 Å². The average Bonchev–Trinajstić information content (AvgIpc) is 2.60. The minimum atomic E-state index is -1.03. The van der Waals surface area contributed by atoms with E-state index in [9.17, 15) is 18.4 Å². The Labute approximate surface area is 143 Å². The van der Waals surface area contributed by atoms with Crippen molar-refractivity contribution in [2.24, 2.45) is 0 Å². The SMILES string of the molecule is COC(=O)[C@H](Cc1cccc(OC)c1)NC(=O)c1ccc(F)cc1F. The first-order chi connectivity index (χ1) is 11.9. The van der Waals surface area contributed by atoms with Crippen LogP contribution in [0.15, 0.2) is 42.5 Å². The van der Waals surface area contributed by atoms with Crippen molar-refractivity contribution >= 4 is 11.9 Å². The number of carbonyl (C=O) groups excluding carboxylic acids is 2. The summed E-state index contributed by atoms with van der Waals surface area (Å²) in [6, 6.07) is 8.49. The third kappa shape index (κ3) is 4.76. The highest BCUT2D eigenvalue weighted by Gasteiger charge is 2.24. The average molecular weight is 349 g/mol. The minimum Gasteiger partial charge on any atom is -0.497 e. The first-order valence-electron chi connectivity index (χ1n) is 7.41. The summed E-state index contributed by atoms with van der Waals surface area (Å²) in [4.78, 5) is 24.2. The van der Waals surface area contributed by atoms with Crippen LogP contribution < -0.4 is 10.1 Å². The van der Waals surface area contributed by atoms with Crippen LogP contribution in [0.25, 0.3) is 0 Å². The second kappa shape index (κ2) is 8.23. The summed E-state index contributed by atoms with van der Waals surface area (Å²) in [6.45, 7) is 0. The van der Waals surface area contributed by atoms with Gasteiger partial charge in [-0.2, -0.15) is 0 Å². The molecule has 2 aromatic rings. The number of benzene rings is 2. The lowest BCUT2D eigenvalue weighted by Gasteiger charge is -2.17. The molecule has 0 radical (unpaired) electrons. The second-order valence-corrected chi connectivity index (χ2v) is 5.23. The molecule has 1 atom stereocenters. The van der Waals surface area contributed by atoms with Crippen molar-refractivity contribution < 1.29 is 27.8 Å². The van der Waals surface area contributed by atoms with Gasteiger partial charge in [0.15, 0.2) is 0 Å². The van der Waals surface area contributed by atoms with Crippen molar-refractivity contribution in [1.29, 1.82) is 0 Å². The van der Waals surface area contributed by atoms with E-state index in [0.717, 1.165) is 17.7 Å². The van der Waals surface area contributed by atoms with Gasteiger partial charge < -0.3 is 14.8 Å². The van der Waals surface area contributed by atoms with Crippen molar-refractivity contribution in [3.05, 3.63) is 65.2 Å². The van der Waals surface area contributed by atoms with Gasteiger partial charge in [-0.25, -0.2) is 13.6 Å². The van der Waals surface area contributed by atoms with Crippen molar-refractivity contribution in [1.82, 2.24) is 5.32 Å². The zero-order valence-corrected chi connectivity index (χ0v) is 13.7. The van der Waals surface area contributed by atoms with Crippen LogP contribution in [-0.2, 0) is 16.0 Å². The van der Waals surface area contributed by atoms with Crippen molar-refractivity contribution in [3.63, 3.8) is 0 Å². The largest absolute Gasteiger partial charge is 0.497 e. The van der Waals surface area contributed by atoms with Crippen LogP contribution in [0.2, 0.25) is 0 Å². The normalized spacial score (nSPS) is 11.5. The van der Waals surface area contributed by atoms with Gasteiger partial charge in [-0.1, -0.05) is 12.1 Å². The lowest BCUT2D eigenvalue weighted by atomic mass is 10.0. The number of nitrogens with one attached hydrogen (secondary N) is 1. The highest BCUT2D eigenvalue weighted by molar-refractivity contribution is 5.97. The molecule has 0 spiro atoms. The number of rotatable bonds is 6. The van der Waals surface area contributed by atoms with Gasteiger partial charge in [0.2, 0.25) is 0 Å². The highest BCUT2D eigenvalue weighted by atomic mass is 19.1. The molecule has 0 aliphatic carbocycles. The summed E-state index contributed by atoms with van der Waals surface area (Å²) in [5.74, 6) is -2.73. The minimum absolute atomic E-state index is 0.123. The van der Waals surface area contributed by atoms with E-state index in [1.165, 1.54) is 14.2 Å². The molecular formula is C18H17F2NO4. The van der Waals surface area contributed by atoms with Crippen LogP contribution in [-0.4, -0.2) is 32.1 Å². The molecule has 0 fully saturated rings. The molecule has 0 aliphatic rings. The zero-order valence-electron chi connectivity index (χ0n) is 13.7. The van der Waals surface area contributed by atoms with Crippen molar-refractivity contribution in [2.75, 3.05) is 14.2 Å². The molecule has 0 heterocycles. The summed E-state index contributed by atoms with van der Waals surface area (Å²) in [6.07, 6.45) is 0.123. The summed E-state index contributed by atoms with van der Waals surface area (Å²) < 4.78 is 36.5. The Kier molecular flexibility index (Phi) is 6.05. The molecule has 2 rings (SSSR count). The number of ether oxygens (including phenoxy) is 2. The van der Waals surface area contributed by atoms with E-state index < -0.39 is 29.6 Å². The Morgan fingerprint density at radius 2 is 1.88 bits per heavy atom. The maximum absolute atomic E-state index is 13.7. The van der Waals surface area contributed by atoms with Gasteiger partial charge in [0.25, 0.3) is 5.91 Å². The maximum atomic E-state index is 13.7. The van der Waals surface area contributed by atoms with Crippen molar-refractivity contribution in [3.8, 4) is 5.75 Å². The van der Waals surface area contributed by atoms with E-state index in [-0.39, 0.29) is 12.0 Å². The number of amides is 1. The molecule has 0 aliphatic heterocycles. The fourth-order valence-corrected chi connectivity index (χ4v) is 2.28. The lowest BCUT2D eigenvalue weighted by Crippen LogP contribution is -2.43. The predicted octanol–water partition coefficient (Wildman–Crippen LogP) is 2.49. The fraction of sp³-hybridized carbons (Fsp3) is 0.222. The van der Waals surface area contributed by atoms with Gasteiger partial charge in [-0.15, -0.1) is 0 Å². The monoisotopic (exact) mass is 349 g/mol. The molecule has 25 heavy (non-hydrogen) atoms.